The van der Waals surface area contributed by atoms with Gasteiger partial charge in [0.05, 0.1) is 11.9 Å². The second kappa shape index (κ2) is 7.65. The fourth-order valence-electron chi connectivity index (χ4n) is 2.72. The fraction of sp³-hybridized carbons (Fsp3) is 0.500. The van der Waals surface area contributed by atoms with E-state index in [4.69, 9.17) is 0 Å². The largest absolute Gasteiger partial charge is 0.343 e. The van der Waals surface area contributed by atoms with Crippen molar-refractivity contribution in [3.8, 4) is 0 Å². The molecule has 0 bridgehead atoms. The van der Waals surface area contributed by atoms with Gasteiger partial charge in [-0.05, 0) is 37.1 Å². The first-order valence-electron chi connectivity index (χ1n) is 7.90. The van der Waals surface area contributed by atoms with Crippen molar-refractivity contribution in [1.29, 1.82) is 0 Å². The Bertz CT molecular complexity index is 695. The summed E-state index contributed by atoms with van der Waals surface area (Å²) in [7, 11) is -3.50. The van der Waals surface area contributed by atoms with Gasteiger partial charge in [-0.2, -0.15) is 0 Å². The van der Waals surface area contributed by atoms with Crippen LogP contribution in [-0.2, 0) is 19.6 Å². The number of carbonyl (C=O) groups is 2. The highest BCUT2D eigenvalue weighted by Crippen LogP contribution is 2.21. The van der Waals surface area contributed by atoms with Crippen LogP contribution in [0.25, 0.3) is 0 Å². The maximum Gasteiger partial charge on any atom is 0.232 e. The predicted octanol–water partition coefficient (Wildman–Crippen LogP) is 1.42. The predicted molar refractivity (Wildman–Crippen MR) is 93.4 cm³/mol. The molecule has 1 aliphatic heterocycles. The maximum atomic E-state index is 12.1. The summed E-state index contributed by atoms with van der Waals surface area (Å²) in [5.74, 6) is -0.213. The molecule has 1 N–H and O–H groups in total. The van der Waals surface area contributed by atoms with Gasteiger partial charge >= 0.3 is 0 Å². The van der Waals surface area contributed by atoms with Gasteiger partial charge in [0, 0.05) is 38.7 Å². The Hall–Kier alpha value is -2.09. The Morgan fingerprint density at radius 1 is 1.17 bits per heavy atom. The normalized spacial score (nSPS) is 14.5. The lowest BCUT2D eigenvalue weighted by Gasteiger charge is -2.24. The van der Waals surface area contributed by atoms with Crippen molar-refractivity contribution in [3.63, 3.8) is 0 Å². The highest BCUT2D eigenvalue weighted by molar-refractivity contribution is 7.92. The van der Waals surface area contributed by atoms with Crippen LogP contribution in [0.1, 0.15) is 26.2 Å². The molecule has 1 aromatic carbocycles. The van der Waals surface area contributed by atoms with Crippen LogP contribution in [0, 0.1) is 0 Å². The van der Waals surface area contributed by atoms with Crippen LogP contribution in [0.3, 0.4) is 0 Å². The van der Waals surface area contributed by atoms with Gasteiger partial charge in [0.25, 0.3) is 0 Å². The van der Waals surface area contributed by atoms with Crippen molar-refractivity contribution < 1.29 is 18.0 Å². The van der Waals surface area contributed by atoms with Gasteiger partial charge in [-0.25, -0.2) is 8.42 Å². The second-order valence-electron chi connectivity index (χ2n) is 5.90. The number of carbonyl (C=O) groups excluding carboxylic acids is 2. The molecule has 0 atom stereocenters. The lowest BCUT2D eigenvalue weighted by atomic mass is 10.2. The van der Waals surface area contributed by atoms with Gasteiger partial charge < -0.3 is 10.2 Å². The first-order valence-corrected chi connectivity index (χ1v) is 9.75. The molecule has 2 amide bonds. The number of hydrogen-bond donors (Lipinski definition) is 1. The summed E-state index contributed by atoms with van der Waals surface area (Å²) in [6.07, 6.45) is 3.29. The molecule has 1 aliphatic rings. The van der Waals surface area contributed by atoms with E-state index in [-0.39, 0.29) is 24.8 Å². The summed E-state index contributed by atoms with van der Waals surface area (Å²) in [5, 5.41) is 2.63. The molecular weight excluding hydrogens is 330 g/mol. The van der Waals surface area contributed by atoms with Crippen LogP contribution in [-0.4, -0.2) is 51.0 Å². The third-order valence-corrected chi connectivity index (χ3v) is 5.06. The van der Waals surface area contributed by atoms with E-state index >= 15 is 0 Å². The van der Waals surface area contributed by atoms with E-state index in [0.717, 1.165) is 32.2 Å². The Labute approximate surface area is 142 Å². The molecule has 1 heterocycles. The molecule has 132 valence electrons. The molecule has 0 aliphatic carbocycles. The molecule has 1 fully saturated rings. The zero-order valence-corrected chi connectivity index (χ0v) is 14.8. The van der Waals surface area contributed by atoms with E-state index in [0.29, 0.717) is 11.4 Å². The molecule has 8 heteroatoms. The molecule has 1 saturated heterocycles. The molecule has 1 aromatic rings. The number of nitrogens with zero attached hydrogens (tertiary/aromatic N) is 2. The first kappa shape index (κ1) is 18.3. The van der Waals surface area contributed by atoms with Gasteiger partial charge in [-0.15, -0.1) is 0 Å². The van der Waals surface area contributed by atoms with Crippen molar-refractivity contribution in [1.82, 2.24) is 4.90 Å². The first-order chi connectivity index (χ1) is 11.3. The summed E-state index contributed by atoms with van der Waals surface area (Å²) < 4.78 is 25.3. The molecule has 2 rings (SSSR count). The number of anilines is 2. The van der Waals surface area contributed by atoms with E-state index < -0.39 is 10.0 Å². The highest BCUT2D eigenvalue weighted by atomic mass is 32.2. The summed E-state index contributed by atoms with van der Waals surface area (Å²) >= 11 is 0. The Kier molecular flexibility index (Phi) is 5.82. The van der Waals surface area contributed by atoms with E-state index in [9.17, 15) is 18.0 Å². The monoisotopic (exact) mass is 353 g/mol. The lowest BCUT2D eigenvalue weighted by Crippen LogP contribution is -2.35. The van der Waals surface area contributed by atoms with E-state index in [1.54, 1.807) is 29.2 Å². The van der Waals surface area contributed by atoms with Crippen LogP contribution in [0.5, 0.6) is 0 Å². The number of likely N-dealkylation sites (tertiary alicyclic amines) is 1. The van der Waals surface area contributed by atoms with Crippen LogP contribution in [0.2, 0.25) is 0 Å². The smallest absolute Gasteiger partial charge is 0.232 e. The highest BCUT2D eigenvalue weighted by Gasteiger charge is 2.22. The van der Waals surface area contributed by atoms with Crippen LogP contribution >= 0.6 is 0 Å². The molecule has 0 radical (unpaired) electrons. The van der Waals surface area contributed by atoms with Crippen molar-refractivity contribution >= 4 is 33.2 Å². The third-order valence-electron chi connectivity index (χ3n) is 3.86. The van der Waals surface area contributed by atoms with Gasteiger partial charge in [-0.1, -0.05) is 0 Å². The molecule has 7 nitrogen and oxygen atoms in total. The van der Waals surface area contributed by atoms with Gasteiger partial charge in [0.2, 0.25) is 21.8 Å². The van der Waals surface area contributed by atoms with Crippen LogP contribution < -0.4 is 9.62 Å². The van der Waals surface area contributed by atoms with Gasteiger partial charge in [0.1, 0.15) is 0 Å². The summed E-state index contributed by atoms with van der Waals surface area (Å²) in [4.78, 5) is 25.0. The molecule has 24 heavy (non-hydrogen) atoms. The number of amides is 2. The third kappa shape index (κ3) is 4.95. The minimum atomic E-state index is -3.50. The Balaban J connectivity index is 2.08. The zero-order chi connectivity index (χ0) is 17.7. The molecule has 0 unspecified atom stereocenters. The topological polar surface area (TPSA) is 86.8 Å². The van der Waals surface area contributed by atoms with E-state index in [1.165, 1.54) is 11.2 Å². The summed E-state index contributed by atoms with van der Waals surface area (Å²) in [6, 6.07) is 6.51. The average Bonchev–Trinajstić information content (AvgIpc) is 3.01. The van der Waals surface area contributed by atoms with E-state index in [2.05, 4.69) is 5.32 Å². The average molecular weight is 353 g/mol. The standard InChI is InChI=1S/C16H23N3O4S/c1-13(20)17-14-5-7-15(8-6-14)19(24(2,22)23)12-9-16(21)18-10-3-4-11-18/h5-8H,3-4,9-12H2,1-2H3,(H,17,20). The van der Waals surface area contributed by atoms with Crippen molar-refractivity contribution in [2.24, 2.45) is 0 Å². The van der Waals surface area contributed by atoms with Crippen molar-refractivity contribution in [2.45, 2.75) is 26.2 Å². The molecule has 0 saturated carbocycles. The minimum absolute atomic E-state index is 0.0176. The summed E-state index contributed by atoms with van der Waals surface area (Å²) in [6.45, 7) is 3.01. The van der Waals surface area contributed by atoms with Gasteiger partial charge in [-0.3, -0.25) is 13.9 Å². The van der Waals surface area contributed by atoms with Gasteiger partial charge in [0.15, 0.2) is 0 Å². The molecular formula is C16H23N3O4S. The summed E-state index contributed by atoms with van der Waals surface area (Å²) in [5.41, 5.74) is 1.06. The number of nitrogens with one attached hydrogen (secondary N) is 1. The number of hydrogen-bond acceptors (Lipinski definition) is 4. The van der Waals surface area contributed by atoms with Crippen molar-refractivity contribution in [3.05, 3.63) is 24.3 Å². The Morgan fingerprint density at radius 3 is 2.25 bits per heavy atom. The molecule has 0 aromatic heterocycles. The Morgan fingerprint density at radius 2 is 1.75 bits per heavy atom. The quantitative estimate of drug-likeness (QED) is 0.838. The zero-order valence-electron chi connectivity index (χ0n) is 14.0. The van der Waals surface area contributed by atoms with Crippen LogP contribution in [0.4, 0.5) is 11.4 Å². The number of benzene rings is 1. The van der Waals surface area contributed by atoms with Crippen molar-refractivity contribution in [2.75, 3.05) is 35.5 Å². The van der Waals surface area contributed by atoms with Crippen LogP contribution in [0.15, 0.2) is 24.3 Å². The minimum Gasteiger partial charge on any atom is -0.343 e. The lowest BCUT2D eigenvalue weighted by molar-refractivity contribution is -0.129. The fourth-order valence-corrected chi connectivity index (χ4v) is 3.65. The SMILES string of the molecule is CC(=O)Nc1ccc(N(CCC(=O)N2CCCC2)S(C)(=O)=O)cc1. The molecule has 0 spiro atoms. The van der Waals surface area contributed by atoms with E-state index in [1.807, 2.05) is 0 Å². The maximum absolute atomic E-state index is 12.1. The second-order valence-corrected chi connectivity index (χ2v) is 7.81. The number of sulfonamides is 1. The number of rotatable bonds is 6.